The minimum absolute atomic E-state index is 0.0326. The lowest BCUT2D eigenvalue weighted by Gasteiger charge is -2.39. The molecule has 0 heterocycles. The maximum absolute atomic E-state index is 13.5. The van der Waals surface area contributed by atoms with Crippen LogP contribution in [0.2, 0.25) is 0 Å². The average molecular weight is 446 g/mol. The van der Waals surface area contributed by atoms with Crippen molar-refractivity contribution < 1.29 is 27.4 Å². The zero-order valence-corrected chi connectivity index (χ0v) is 18.7. The molecule has 8 heteroatoms. The van der Waals surface area contributed by atoms with Crippen LogP contribution in [0.1, 0.15) is 32.3 Å². The molecule has 0 saturated carbocycles. The number of rotatable bonds is 11. The molecule has 0 unspecified atom stereocenters. The molecule has 0 spiro atoms. The molecule has 0 saturated heterocycles. The van der Waals surface area contributed by atoms with E-state index in [0.29, 0.717) is 5.56 Å². The van der Waals surface area contributed by atoms with Crippen LogP contribution in [0.4, 0.5) is 0 Å². The summed E-state index contributed by atoms with van der Waals surface area (Å²) in [6, 6.07) is 18.0. The second kappa shape index (κ2) is 11.0. The van der Waals surface area contributed by atoms with Crippen LogP contribution >= 0.6 is 0 Å². The molecule has 2 rings (SSSR count). The molecular weight excluding hydrogens is 418 g/mol. The molecule has 0 radical (unpaired) electrons. The van der Waals surface area contributed by atoms with Crippen LogP contribution < -0.4 is 0 Å². The Balaban J connectivity index is 2.81. The predicted molar refractivity (Wildman–Crippen MR) is 115 cm³/mol. The lowest BCUT2D eigenvalue weighted by Crippen LogP contribution is -2.55. The van der Waals surface area contributed by atoms with E-state index in [9.17, 15) is 18.5 Å². The van der Waals surface area contributed by atoms with Gasteiger partial charge in [0.15, 0.2) is 15.1 Å². The lowest BCUT2D eigenvalue weighted by molar-refractivity contribution is -0.254. The van der Waals surface area contributed by atoms with Gasteiger partial charge in [-0.25, -0.2) is 13.2 Å². The van der Waals surface area contributed by atoms with Gasteiger partial charge >= 0.3 is 5.97 Å². The molecule has 0 aromatic heterocycles. The number of esters is 1. The first kappa shape index (κ1) is 24.5. The van der Waals surface area contributed by atoms with Crippen LogP contribution in [0.15, 0.2) is 65.6 Å². The number of nitrogens with zero attached hydrogens (tertiary/aromatic N) is 1. The number of benzene rings is 2. The Morgan fingerprint density at radius 2 is 1.45 bits per heavy atom. The summed E-state index contributed by atoms with van der Waals surface area (Å²) in [6.07, 6.45) is 0. The van der Waals surface area contributed by atoms with Gasteiger partial charge in [-0.3, -0.25) is 0 Å². The van der Waals surface area contributed by atoms with E-state index in [2.05, 4.69) is 0 Å². The number of hydrogen-bond acceptors (Lipinski definition) is 7. The van der Waals surface area contributed by atoms with Crippen molar-refractivity contribution in [3.05, 3.63) is 66.2 Å². The van der Waals surface area contributed by atoms with Gasteiger partial charge in [0.2, 0.25) is 0 Å². The Kier molecular flexibility index (Phi) is 8.75. The van der Waals surface area contributed by atoms with Crippen molar-refractivity contribution in [2.24, 2.45) is 0 Å². The molecule has 0 amide bonds. The third-order valence-corrected chi connectivity index (χ3v) is 6.66. The van der Waals surface area contributed by atoms with Crippen molar-refractivity contribution in [3.63, 3.8) is 0 Å². The van der Waals surface area contributed by atoms with Gasteiger partial charge in [-0.1, -0.05) is 48.5 Å². The number of carbonyl (C=O) groups is 1. The molecule has 0 N–H and O–H groups in total. The van der Waals surface area contributed by atoms with Gasteiger partial charge in [-0.15, -0.1) is 0 Å². The Morgan fingerprint density at radius 3 is 1.90 bits per heavy atom. The quantitative estimate of drug-likeness (QED) is 0.385. The summed E-state index contributed by atoms with van der Waals surface area (Å²) < 4.78 is 43.9. The summed E-state index contributed by atoms with van der Waals surface area (Å²) in [7, 11) is -4.20. The van der Waals surface area contributed by atoms with E-state index in [1.807, 2.05) is 6.07 Å². The van der Waals surface area contributed by atoms with E-state index in [1.165, 1.54) is 12.1 Å². The molecule has 31 heavy (non-hydrogen) atoms. The van der Waals surface area contributed by atoms with Gasteiger partial charge < -0.3 is 14.2 Å². The standard InChI is InChI=1S/C23H27NO6S/c1-4-28-22(25)23(29-5-2,30-6-3)21(18-13-9-7-10-14-18)20(17-24)31(26,27)19-15-11-8-12-16-19/h7-16,20-21H,4-6H2,1-3H3/t20-,21+/m1/s1. The number of nitriles is 1. The van der Waals surface area contributed by atoms with Crippen molar-refractivity contribution in [2.75, 3.05) is 19.8 Å². The second-order valence-corrected chi connectivity index (χ2v) is 8.62. The van der Waals surface area contributed by atoms with Gasteiger partial charge in [-0.2, -0.15) is 5.26 Å². The predicted octanol–water partition coefficient (Wildman–Crippen LogP) is 3.47. The zero-order chi connectivity index (χ0) is 22.9. The average Bonchev–Trinajstić information content (AvgIpc) is 2.78. The highest BCUT2D eigenvalue weighted by molar-refractivity contribution is 7.92. The molecule has 2 aromatic rings. The van der Waals surface area contributed by atoms with E-state index >= 15 is 0 Å². The van der Waals surface area contributed by atoms with Crippen molar-refractivity contribution in [3.8, 4) is 6.07 Å². The first-order chi connectivity index (χ1) is 14.9. The summed E-state index contributed by atoms with van der Waals surface area (Å²) in [6.45, 7) is 5.03. The minimum Gasteiger partial charge on any atom is -0.462 e. The van der Waals surface area contributed by atoms with Crippen molar-refractivity contribution in [1.29, 1.82) is 5.26 Å². The fourth-order valence-corrected chi connectivity index (χ4v) is 5.12. The van der Waals surface area contributed by atoms with Crippen LogP contribution in [0, 0.1) is 11.3 Å². The number of carbonyl (C=O) groups excluding carboxylic acids is 1. The van der Waals surface area contributed by atoms with Crippen LogP contribution in [0.5, 0.6) is 0 Å². The van der Waals surface area contributed by atoms with E-state index in [1.54, 1.807) is 69.3 Å². The summed E-state index contributed by atoms with van der Waals surface area (Å²) >= 11 is 0. The second-order valence-electron chi connectivity index (χ2n) is 6.55. The molecule has 2 atom stereocenters. The van der Waals surface area contributed by atoms with E-state index in [0.717, 1.165) is 0 Å². The molecule has 7 nitrogen and oxygen atoms in total. The molecule has 166 valence electrons. The Bertz CT molecular complexity index is 980. The maximum atomic E-state index is 13.5. The van der Waals surface area contributed by atoms with Gasteiger partial charge in [0.05, 0.1) is 23.5 Å². The van der Waals surface area contributed by atoms with Gasteiger partial charge in [0.1, 0.15) is 0 Å². The number of sulfone groups is 1. The summed E-state index contributed by atoms with van der Waals surface area (Å²) in [5, 5.41) is 8.39. The van der Waals surface area contributed by atoms with Gasteiger partial charge in [-0.05, 0) is 38.5 Å². The highest BCUT2D eigenvalue weighted by Crippen LogP contribution is 2.41. The first-order valence-electron chi connectivity index (χ1n) is 10.1. The van der Waals surface area contributed by atoms with Crippen molar-refractivity contribution in [1.82, 2.24) is 0 Å². The van der Waals surface area contributed by atoms with Crippen molar-refractivity contribution in [2.45, 2.75) is 42.6 Å². The molecule has 0 aliphatic heterocycles. The highest BCUT2D eigenvalue weighted by atomic mass is 32.2. The summed E-state index contributed by atoms with van der Waals surface area (Å²) in [5.41, 5.74) is 0.406. The lowest BCUT2D eigenvalue weighted by atomic mass is 9.87. The van der Waals surface area contributed by atoms with E-state index in [-0.39, 0.29) is 24.7 Å². The third kappa shape index (κ3) is 5.13. The summed E-state index contributed by atoms with van der Waals surface area (Å²) in [5.74, 6) is -4.30. The van der Waals surface area contributed by atoms with Crippen LogP contribution in [-0.2, 0) is 28.8 Å². The minimum atomic E-state index is -4.20. The topological polar surface area (TPSA) is 103 Å². The molecule has 0 bridgehead atoms. The highest BCUT2D eigenvalue weighted by Gasteiger charge is 2.57. The summed E-state index contributed by atoms with van der Waals surface area (Å²) in [4.78, 5) is 13.1. The van der Waals surface area contributed by atoms with Crippen LogP contribution in [0.3, 0.4) is 0 Å². The first-order valence-corrected chi connectivity index (χ1v) is 11.6. The number of ether oxygens (including phenoxy) is 3. The largest absolute Gasteiger partial charge is 0.462 e. The Morgan fingerprint density at radius 1 is 0.935 bits per heavy atom. The Labute approximate surface area is 183 Å². The van der Waals surface area contributed by atoms with Gasteiger partial charge in [0.25, 0.3) is 5.79 Å². The number of hydrogen-bond donors (Lipinski definition) is 0. The van der Waals surface area contributed by atoms with E-state index in [4.69, 9.17) is 14.2 Å². The van der Waals surface area contributed by atoms with Crippen LogP contribution in [0.25, 0.3) is 0 Å². The van der Waals surface area contributed by atoms with Crippen LogP contribution in [-0.4, -0.2) is 45.2 Å². The molecule has 0 fully saturated rings. The maximum Gasteiger partial charge on any atom is 0.367 e. The smallest absolute Gasteiger partial charge is 0.367 e. The monoisotopic (exact) mass is 445 g/mol. The van der Waals surface area contributed by atoms with E-state index < -0.39 is 32.8 Å². The molecular formula is C23H27NO6S. The SMILES string of the molecule is CCOC(=O)C(OCC)(OCC)[C@@H](c1ccccc1)[C@@H](C#N)S(=O)(=O)c1ccccc1. The van der Waals surface area contributed by atoms with Crippen molar-refractivity contribution >= 4 is 15.8 Å². The zero-order valence-electron chi connectivity index (χ0n) is 17.9. The molecule has 0 aliphatic carbocycles. The Hall–Kier alpha value is -2.73. The molecule has 2 aromatic carbocycles. The molecule has 0 aliphatic rings. The normalized spacial score (nSPS) is 13.7. The fourth-order valence-electron chi connectivity index (χ4n) is 3.46. The fraction of sp³-hybridized carbons (Fsp3) is 0.391. The van der Waals surface area contributed by atoms with Gasteiger partial charge in [0, 0.05) is 13.2 Å². The third-order valence-electron chi connectivity index (χ3n) is 4.68.